The third-order valence-electron chi connectivity index (χ3n) is 3.16. The van der Waals surface area contributed by atoms with Gasteiger partial charge in [0, 0.05) is 5.75 Å². The van der Waals surface area contributed by atoms with Crippen LogP contribution in [-0.4, -0.2) is 54.5 Å². The molecule has 1 saturated heterocycles. The van der Waals surface area contributed by atoms with Crippen LogP contribution in [0.5, 0.6) is 0 Å². The summed E-state index contributed by atoms with van der Waals surface area (Å²) in [6.07, 6.45) is 1.51. The Bertz CT molecular complexity index is 673. The zero-order chi connectivity index (χ0) is 14.8. The van der Waals surface area contributed by atoms with Crippen molar-refractivity contribution in [1.29, 1.82) is 0 Å². The third kappa shape index (κ3) is 2.62. The SMILES string of the molecule is O=C(O)C1CSCN1C(=O)c1cn(-c2ccccc2)nn1. The molecule has 1 atom stereocenters. The first-order valence-electron chi connectivity index (χ1n) is 6.26. The van der Waals surface area contributed by atoms with Crippen LogP contribution in [0.15, 0.2) is 36.5 Å². The van der Waals surface area contributed by atoms with Crippen molar-refractivity contribution in [3.63, 3.8) is 0 Å². The van der Waals surface area contributed by atoms with Crippen LogP contribution < -0.4 is 0 Å². The number of aliphatic carboxylic acids is 1. The van der Waals surface area contributed by atoms with Crippen molar-refractivity contribution < 1.29 is 14.7 Å². The maximum absolute atomic E-state index is 12.3. The summed E-state index contributed by atoms with van der Waals surface area (Å²) in [7, 11) is 0. The molecule has 2 heterocycles. The molecule has 7 nitrogen and oxygen atoms in total. The van der Waals surface area contributed by atoms with Gasteiger partial charge in [0.1, 0.15) is 6.04 Å². The zero-order valence-electron chi connectivity index (χ0n) is 10.9. The minimum atomic E-state index is -0.996. The van der Waals surface area contributed by atoms with Crippen molar-refractivity contribution in [2.75, 3.05) is 11.6 Å². The van der Waals surface area contributed by atoms with Crippen LogP contribution in [0.4, 0.5) is 0 Å². The Kier molecular flexibility index (Phi) is 3.61. The van der Waals surface area contributed by atoms with Crippen LogP contribution in [0.1, 0.15) is 10.5 Å². The molecule has 1 N–H and O–H groups in total. The van der Waals surface area contributed by atoms with Crippen molar-refractivity contribution in [2.45, 2.75) is 6.04 Å². The Morgan fingerprint density at radius 1 is 1.29 bits per heavy atom. The van der Waals surface area contributed by atoms with E-state index in [1.54, 1.807) is 0 Å². The number of amides is 1. The lowest BCUT2D eigenvalue weighted by molar-refractivity contribution is -0.140. The molecule has 0 aliphatic carbocycles. The topological polar surface area (TPSA) is 88.3 Å². The molecule has 0 saturated carbocycles. The van der Waals surface area contributed by atoms with Gasteiger partial charge in [-0.05, 0) is 12.1 Å². The average Bonchev–Trinajstić information content (AvgIpc) is 3.17. The highest BCUT2D eigenvalue weighted by Gasteiger charge is 2.36. The van der Waals surface area contributed by atoms with E-state index in [0.29, 0.717) is 11.6 Å². The Balaban J connectivity index is 1.83. The van der Waals surface area contributed by atoms with Gasteiger partial charge in [0.2, 0.25) is 0 Å². The van der Waals surface area contributed by atoms with E-state index in [4.69, 9.17) is 5.11 Å². The van der Waals surface area contributed by atoms with Crippen molar-refractivity contribution in [3.8, 4) is 5.69 Å². The van der Waals surface area contributed by atoms with Crippen molar-refractivity contribution >= 4 is 23.6 Å². The highest BCUT2D eigenvalue weighted by molar-refractivity contribution is 7.99. The fourth-order valence-corrected chi connectivity index (χ4v) is 3.21. The normalized spacial score (nSPS) is 17.9. The maximum Gasteiger partial charge on any atom is 0.327 e. The Hall–Kier alpha value is -2.35. The first-order valence-corrected chi connectivity index (χ1v) is 7.41. The standard InChI is InChI=1S/C13H12N4O3S/c18-12(16-8-21-7-11(16)13(19)20)10-6-17(15-14-10)9-4-2-1-3-5-9/h1-6,11H,7-8H2,(H,19,20). The molecule has 1 aliphatic heterocycles. The minimum absolute atomic E-state index is 0.146. The molecule has 21 heavy (non-hydrogen) atoms. The number of thioether (sulfide) groups is 1. The Morgan fingerprint density at radius 2 is 2.05 bits per heavy atom. The summed E-state index contributed by atoms with van der Waals surface area (Å²) in [6.45, 7) is 0. The van der Waals surface area contributed by atoms with Crippen molar-refractivity contribution in [1.82, 2.24) is 19.9 Å². The number of hydrogen-bond acceptors (Lipinski definition) is 5. The number of nitrogens with zero attached hydrogens (tertiary/aromatic N) is 4. The summed E-state index contributed by atoms with van der Waals surface area (Å²) in [4.78, 5) is 24.8. The van der Waals surface area contributed by atoms with E-state index in [-0.39, 0.29) is 5.69 Å². The number of aromatic nitrogens is 3. The van der Waals surface area contributed by atoms with Gasteiger partial charge in [0.05, 0.1) is 17.8 Å². The molecule has 0 radical (unpaired) electrons. The van der Waals surface area contributed by atoms with Crippen molar-refractivity contribution in [2.24, 2.45) is 0 Å². The van der Waals surface area contributed by atoms with E-state index in [9.17, 15) is 9.59 Å². The van der Waals surface area contributed by atoms with Crippen molar-refractivity contribution in [3.05, 3.63) is 42.2 Å². The number of hydrogen-bond donors (Lipinski definition) is 1. The first-order chi connectivity index (χ1) is 10.2. The lowest BCUT2D eigenvalue weighted by Gasteiger charge is -2.18. The van der Waals surface area contributed by atoms with Gasteiger partial charge >= 0.3 is 5.97 Å². The third-order valence-corrected chi connectivity index (χ3v) is 4.17. The quantitative estimate of drug-likeness (QED) is 0.905. The number of carbonyl (C=O) groups is 2. The van der Waals surface area contributed by atoms with E-state index in [2.05, 4.69) is 10.3 Å². The van der Waals surface area contributed by atoms with Gasteiger partial charge in [-0.25, -0.2) is 9.48 Å². The van der Waals surface area contributed by atoms with E-state index >= 15 is 0 Å². The van der Waals surface area contributed by atoms with E-state index in [1.807, 2.05) is 30.3 Å². The van der Waals surface area contributed by atoms with Crippen LogP contribution in [0.2, 0.25) is 0 Å². The second-order valence-corrected chi connectivity index (χ2v) is 5.51. The molecule has 108 valence electrons. The molecule has 0 spiro atoms. The summed E-state index contributed by atoms with van der Waals surface area (Å²) in [5.74, 6) is -0.652. The maximum atomic E-state index is 12.3. The molecular formula is C13H12N4O3S. The molecule has 1 unspecified atom stereocenters. The molecule has 1 fully saturated rings. The molecular weight excluding hydrogens is 292 g/mol. The van der Waals surface area contributed by atoms with E-state index < -0.39 is 17.9 Å². The lowest BCUT2D eigenvalue weighted by atomic mass is 10.2. The summed E-state index contributed by atoms with van der Waals surface area (Å²) in [5, 5.41) is 16.9. The second kappa shape index (κ2) is 5.57. The van der Waals surface area contributed by atoms with Gasteiger partial charge in [-0.1, -0.05) is 23.4 Å². The molecule has 3 rings (SSSR count). The molecule has 1 aromatic carbocycles. The minimum Gasteiger partial charge on any atom is -0.480 e. The fourth-order valence-electron chi connectivity index (χ4n) is 2.06. The van der Waals surface area contributed by atoms with Gasteiger partial charge < -0.3 is 10.0 Å². The first kappa shape index (κ1) is 13.6. The van der Waals surface area contributed by atoms with Crippen LogP contribution in [0.25, 0.3) is 5.69 Å². The summed E-state index contributed by atoms with van der Waals surface area (Å²) >= 11 is 1.41. The Labute approximate surface area is 124 Å². The number of carboxylic acids is 1. The predicted molar refractivity (Wildman–Crippen MR) is 76.3 cm³/mol. The summed E-state index contributed by atoms with van der Waals surface area (Å²) in [5.41, 5.74) is 0.933. The number of para-hydroxylation sites is 1. The molecule has 1 aliphatic rings. The van der Waals surface area contributed by atoms with Gasteiger partial charge in [-0.2, -0.15) is 0 Å². The molecule has 2 aromatic rings. The van der Waals surface area contributed by atoms with Crippen LogP contribution in [0, 0.1) is 0 Å². The van der Waals surface area contributed by atoms with Crippen LogP contribution >= 0.6 is 11.8 Å². The highest BCUT2D eigenvalue weighted by atomic mass is 32.2. The van der Waals surface area contributed by atoms with Gasteiger partial charge in [-0.3, -0.25) is 4.79 Å². The largest absolute Gasteiger partial charge is 0.480 e. The number of carboxylic acid groups (broad SMARTS) is 1. The zero-order valence-corrected chi connectivity index (χ0v) is 11.7. The molecule has 0 bridgehead atoms. The van der Waals surface area contributed by atoms with E-state index in [1.165, 1.54) is 27.5 Å². The number of carbonyl (C=O) groups excluding carboxylic acids is 1. The number of rotatable bonds is 3. The predicted octanol–water partition coefficient (Wildman–Crippen LogP) is 0.867. The highest BCUT2D eigenvalue weighted by Crippen LogP contribution is 2.22. The van der Waals surface area contributed by atoms with Crippen LogP contribution in [0.3, 0.4) is 0 Å². The summed E-state index contributed by atoms with van der Waals surface area (Å²) in [6, 6.07) is 8.48. The summed E-state index contributed by atoms with van der Waals surface area (Å²) < 4.78 is 1.49. The van der Waals surface area contributed by atoms with Crippen LogP contribution in [-0.2, 0) is 4.79 Å². The average molecular weight is 304 g/mol. The molecule has 1 amide bonds. The second-order valence-electron chi connectivity index (χ2n) is 4.51. The number of benzene rings is 1. The van der Waals surface area contributed by atoms with Gasteiger partial charge in [0.15, 0.2) is 5.69 Å². The fraction of sp³-hybridized carbons (Fsp3) is 0.231. The van der Waals surface area contributed by atoms with E-state index in [0.717, 1.165) is 5.69 Å². The molecule has 1 aromatic heterocycles. The molecule has 8 heteroatoms. The smallest absolute Gasteiger partial charge is 0.327 e. The Morgan fingerprint density at radius 3 is 2.76 bits per heavy atom. The van der Waals surface area contributed by atoms with Gasteiger partial charge in [-0.15, -0.1) is 16.9 Å². The van der Waals surface area contributed by atoms with Gasteiger partial charge in [0.25, 0.3) is 5.91 Å². The monoisotopic (exact) mass is 304 g/mol. The lowest BCUT2D eigenvalue weighted by Crippen LogP contribution is -2.41.